The molecule has 178 valence electrons. The Morgan fingerprint density at radius 3 is 2.63 bits per heavy atom. The third-order valence-corrected chi connectivity index (χ3v) is 5.87. The van der Waals surface area contributed by atoms with Crippen LogP contribution in [-0.4, -0.2) is 58.1 Å². The zero-order chi connectivity index (χ0) is 24.5. The van der Waals surface area contributed by atoms with Gasteiger partial charge in [-0.2, -0.15) is 5.26 Å². The molecule has 0 amide bonds. The Morgan fingerprint density at radius 1 is 1.11 bits per heavy atom. The van der Waals surface area contributed by atoms with E-state index in [4.69, 9.17) is 4.74 Å². The Morgan fingerprint density at radius 2 is 1.91 bits per heavy atom. The lowest BCUT2D eigenvalue weighted by Gasteiger charge is -2.33. The van der Waals surface area contributed by atoms with Crippen molar-refractivity contribution in [3.05, 3.63) is 59.7 Å². The number of pyridine rings is 1. The minimum absolute atomic E-state index is 0.0467. The number of ether oxygens (including phenoxy) is 1. The van der Waals surface area contributed by atoms with Gasteiger partial charge < -0.3 is 24.8 Å². The van der Waals surface area contributed by atoms with Gasteiger partial charge in [-0.3, -0.25) is 0 Å². The summed E-state index contributed by atoms with van der Waals surface area (Å²) in [6.45, 7) is 5.43. The zero-order valence-electron chi connectivity index (χ0n) is 19.1. The molecule has 1 aliphatic heterocycles. The summed E-state index contributed by atoms with van der Waals surface area (Å²) in [4.78, 5) is 19.8. The van der Waals surface area contributed by atoms with Crippen LogP contribution in [0.1, 0.15) is 11.3 Å². The van der Waals surface area contributed by atoms with E-state index >= 15 is 0 Å². The van der Waals surface area contributed by atoms with Crippen molar-refractivity contribution in [3.8, 4) is 17.7 Å². The second-order valence-electron chi connectivity index (χ2n) is 8.35. The van der Waals surface area contributed by atoms with Gasteiger partial charge in [-0.25, -0.2) is 23.7 Å². The molecule has 4 heterocycles. The van der Waals surface area contributed by atoms with Crippen molar-refractivity contribution >= 4 is 28.2 Å². The van der Waals surface area contributed by atoms with Gasteiger partial charge in [0.1, 0.15) is 18.2 Å². The lowest BCUT2D eigenvalue weighted by atomic mass is 10.2. The van der Waals surface area contributed by atoms with Crippen molar-refractivity contribution in [3.63, 3.8) is 0 Å². The van der Waals surface area contributed by atoms with E-state index in [1.165, 1.54) is 12.4 Å². The summed E-state index contributed by atoms with van der Waals surface area (Å²) in [5.41, 5.74) is 1.20. The van der Waals surface area contributed by atoms with Crippen LogP contribution in [0.5, 0.6) is 11.6 Å². The van der Waals surface area contributed by atoms with Crippen LogP contribution in [0.4, 0.5) is 26.1 Å². The molecule has 3 aromatic heterocycles. The highest BCUT2D eigenvalue weighted by Crippen LogP contribution is 2.34. The minimum atomic E-state index is -0.758. The average molecular weight is 476 g/mol. The number of hydrogen-bond acceptors (Lipinski definition) is 8. The number of aromatic nitrogens is 4. The number of hydrogen-bond donors (Lipinski definition) is 2. The predicted molar refractivity (Wildman–Crippen MR) is 127 cm³/mol. The lowest BCUT2D eigenvalue weighted by Crippen LogP contribution is -2.44. The molecule has 0 atom stereocenters. The first kappa shape index (κ1) is 22.5. The third-order valence-electron chi connectivity index (χ3n) is 5.87. The van der Waals surface area contributed by atoms with Gasteiger partial charge in [0.15, 0.2) is 28.8 Å². The van der Waals surface area contributed by atoms with E-state index in [9.17, 15) is 14.0 Å². The molecule has 5 rings (SSSR count). The molecular weight excluding hydrogens is 454 g/mol. The molecule has 0 aliphatic carbocycles. The Hall–Kier alpha value is -4.30. The van der Waals surface area contributed by atoms with Crippen LogP contribution in [0, 0.1) is 29.9 Å². The van der Waals surface area contributed by atoms with Crippen molar-refractivity contribution < 1.29 is 13.5 Å². The lowest BCUT2D eigenvalue weighted by molar-refractivity contribution is 0.312. The van der Waals surface area contributed by atoms with E-state index in [2.05, 4.69) is 42.1 Å². The Labute approximate surface area is 200 Å². The number of aromatic amines is 1. The number of halogens is 2. The second kappa shape index (κ2) is 9.15. The first-order valence-electron chi connectivity index (χ1n) is 11.0. The first-order chi connectivity index (χ1) is 16.9. The highest BCUT2D eigenvalue weighted by Gasteiger charge is 2.20. The number of piperazine rings is 1. The fraction of sp³-hybridized carbons (Fsp3) is 0.250. The van der Waals surface area contributed by atoms with Crippen LogP contribution in [-0.2, 0) is 0 Å². The normalized spacial score (nSPS) is 14.2. The molecule has 35 heavy (non-hydrogen) atoms. The highest BCUT2D eigenvalue weighted by atomic mass is 19.1. The van der Waals surface area contributed by atoms with Crippen LogP contribution in [0.25, 0.3) is 10.9 Å². The number of H-pyrrole nitrogens is 1. The average Bonchev–Trinajstić information content (AvgIpc) is 3.26. The van der Waals surface area contributed by atoms with Gasteiger partial charge in [0.2, 0.25) is 5.88 Å². The van der Waals surface area contributed by atoms with E-state index in [1.807, 2.05) is 18.2 Å². The Kier molecular flexibility index (Phi) is 5.88. The van der Waals surface area contributed by atoms with Gasteiger partial charge in [-0.15, -0.1) is 0 Å². The molecule has 2 N–H and O–H groups in total. The van der Waals surface area contributed by atoms with E-state index in [-0.39, 0.29) is 33.9 Å². The van der Waals surface area contributed by atoms with E-state index in [0.29, 0.717) is 11.4 Å². The smallest absolute Gasteiger partial charge is 0.242 e. The van der Waals surface area contributed by atoms with Crippen LogP contribution in [0.15, 0.2) is 36.8 Å². The molecule has 1 saturated heterocycles. The van der Waals surface area contributed by atoms with Gasteiger partial charge in [-0.1, -0.05) is 0 Å². The molecule has 1 fully saturated rings. The van der Waals surface area contributed by atoms with Gasteiger partial charge in [0.25, 0.3) is 0 Å². The fourth-order valence-electron chi connectivity index (χ4n) is 3.97. The summed E-state index contributed by atoms with van der Waals surface area (Å²) < 4.78 is 35.0. The van der Waals surface area contributed by atoms with E-state index in [1.54, 1.807) is 13.1 Å². The zero-order valence-corrected chi connectivity index (χ0v) is 19.1. The Bertz CT molecular complexity index is 1420. The summed E-state index contributed by atoms with van der Waals surface area (Å²) in [6, 6.07) is 8.11. The largest absolute Gasteiger partial charge is 0.434 e. The quantitative estimate of drug-likeness (QED) is 0.444. The molecule has 0 spiro atoms. The number of nitrogens with zero attached hydrogens (tertiary/aromatic N) is 6. The Balaban J connectivity index is 1.39. The van der Waals surface area contributed by atoms with Crippen molar-refractivity contribution in [2.75, 3.05) is 43.4 Å². The number of rotatable bonds is 5. The fourth-order valence-corrected chi connectivity index (χ4v) is 3.97. The van der Waals surface area contributed by atoms with Crippen LogP contribution in [0.2, 0.25) is 0 Å². The summed E-state index contributed by atoms with van der Waals surface area (Å²) in [5, 5.41) is 12.8. The number of benzene rings is 1. The highest BCUT2D eigenvalue weighted by molar-refractivity contribution is 5.83. The summed E-state index contributed by atoms with van der Waals surface area (Å²) >= 11 is 0. The topological polar surface area (TPSA) is 106 Å². The number of aryl methyl sites for hydroxylation is 1. The number of fused-ring (bicyclic) bond motifs is 1. The number of anilines is 3. The molecule has 0 unspecified atom stereocenters. The molecule has 11 heteroatoms. The maximum absolute atomic E-state index is 15.0. The molecule has 9 nitrogen and oxygen atoms in total. The minimum Gasteiger partial charge on any atom is -0.434 e. The molecule has 0 bridgehead atoms. The molecule has 0 saturated carbocycles. The van der Waals surface area contributed by atoms with Crippen molar-refractivity contribution in [1.29, 1.82) is 5.26 Å². The molecule has 0 radical (unpaired) electrons. The number of likely N-dealkylation sites (N-methyl/N-ethyl adjacent to an activating group) is 1. The standard InChI is InChI=1S/C24H22F2N8O/c1-14-9-16-21(26)19(10-18(25)22(16)31-14)35-24-17(11-27)23(29-13-30-24)32-15-3-4-20(28-12-15)34-7-5-33(2)6-8-34/h3-4,9-10,12-13,31H,5-8H2,1-2H3,(H,29,30,32). The summed E-state index contributed by atoms with van der Waals surface area (Å²) in [6.07, 6.45) is 2.83. The summed E-state index contributed by atoms with van der Waals surface area (Å²) in [7, 11) is 2.09. The molecular formula is C24H22F2N8O. The second-order valence-corrected chi connectivity index (χ2v) is 8.35. The van der Waals surface area contributed by atoms with E-state index in [0.717, 1.165) is 38.1 Å². The molecule has 1 aliphatic rings. The first-order valence-corrected chi connectivity index (χ1v) is 11.0. The monoisotopic (exact) mass is 476 g/mol. The number of nitriles is 1. The van der Waals surface area contributed by atoms with Crippen LogP contribution >= 0.6 is 0 Å². The maximum atomic E-state index is 15.0. The maximum Gasteiger partial charge on any atom is 0.242 e. The van der Waals surface area contributed by atoms with Crippen molar-refractivity contribution in [2.45, 2.75) is 6.92 Å². The molecule has 1 aromatic carbocycles. The predicted octanol–water partition coefficient (Wildman–Crippen LogP) is 4.10. The SMILES string of the molecule is Cc1cc2c(F)c(Oc3ncnc(Nc4ccc(N5CCN(C)CC5)nc4)c3C#N)cc(F)c2[nH]1. The van der Waals surface area contributed by atoms with Gasteiger partial charge >= 0.3 is 0 Å². The van der Waals surface area contributed by atoms with Crippen LogP contribution < -0.4 is 15.0 Å². The van der Waals surface area contributed by atoms with E-state index < -0.39 is 11.6 Å². The molecule has 4 aromatic rings. The van der Waals surface area contributed by atoms with Crippen molar-refractivity contribution in [2.24, 2.45) is 0 Å². The van der Waals surface area contributed by atoms with Crippen LogP contribution in [0.3, 0.4) is 0 Å². The van der Waals surface area contributed by atoms with Gasteiger partial charge in [0, 0.05) is 43.3 Å². The third kappa shape index (κ3) is 4.43. The summed E-state index contributed by atoms with van der Waals surface area (Å²) in [5.74, 6) is -0.992. The van der Waals surface area contributed by atoms with Gasteiger partial charge in [0.05, 0.1) is 17.4 Å². The van der Waals surface area contributed by atoms with Gasteiger partial charge in [-0.05, 0) is 32.2 Å². The van der Waals surface area contributed by atoms with Crippen molar-refractivity contribution in [1.82, 2.24) is 24.8 Å². The number of nitrogens with one attached hydrogen (secondary N) is 2.